The molecular formula is C25H25F2N3O. The van der Waals surface area contributed by atoms with Crippen LogP contribution >= 0.6 is 0 Å². The molecule has 1 atom stereocenters. The first-order valence-electron chi connectivity index (χ1n) is 10.2. The number of benzene rings is 3. The van der Waals surface area contributed by atoms with Gasteiger partial charge in [-0.15, -0.1) is 0 Å². The largest absolute Gasteiger partial charge is 0.383 e. The molecule has 3 aromatic carbocycles. The Labute approximate surface area is 179 Å². The molecule has 1 aromatic heterocycles. The highest BCUT2D eigenvalue weighted by molar-refractivity contribution is 5.76. The summed E-state index contributed by atoms with van der Waals surface area (Å²) < 4.78 is 36.4. The predicted octanol–water partition coefficient (Wildman–Crippen LogP) is 4.99. The Morgan fingerprint density at radius 1 is 0.903 bits per heavy atom. The van der Waals surface area contributed by atoms with E-state index in [9.17, 15) is 8.78 Å². The molecule has 0 bridgehead atoms. The molecule has 1 N–H and O–H groups in total. The fourth-order valence-electron chi connectivity index (χ4n) is 4.02. The first-order valence-corrected chi connectivity index (χ1v) is 10.2. The van der Waals surface area contributed by atoms with Crippen LogP contribution in [-0.4, -0.2) is 22.9 Å². The molecule has 31 heavy (non-hydrogen) atoms. The lowest BCUT2D eigenvalue weighted by atomic mass is 10.0. The number of aromatic nitrogens is 2. The van der Waals surface area contributed by atoms with Crippen molar-refractivity contribution in [1.29, 1.82) is 5.41 Å². The van der Waals surface area contributed by atoms with Crippen LogP contribution in [0.25, 0.3) is 11.0 Å². The Hall–Kier alpha value is -3.25. The Morgan fingerprint density at radius 2 is 1.58 bits per heavy atom. The second-order valence-corrected chi connectivity index (χ2v) is 7.82. The van der Waals surface area contributed by atoms with Gasteiger partial charge in [-0.2, -0.15) is 0 Å². The Bertz CT molecular complexity index is 1260. The van der Waals surface area contributed by atoms with E-state index in [2.05, 4.69) is 31.2 Å². The smallest absolute Gasteiger partial charge is 0.203 e. The Morgan fingerprint density at radius 3 is 2.26 bits per heavy atom. The monoisotopic (exact) mass is 421 g/mol. The molecule has 6 heteroatoms. The van der Waals surface area contributed by atoms with Gasteiger partial charge in [0.1, 0.15) is 0 Å². The third kappa shape index (κ3) is 4.30. The molecule has 0 unspecified atom stereocenters. The molecule has 0 fully saturated rings. The lowest BCUT2D eigenvalue weighted by Crippen LogP contribution is -2.31. The van der Waals surface area contributed by atoms with E-state index < -0.39 is 11.6 Å². The molecule has 4 rings (SSSR count). The third-order valence-corrected chi connectivity index (χ3v) is 5.56. The van der Waals surface area contributed by atoms with Gasteiger partial charge in [-0.05, 0) is 48.7 Å². The van der Waals surface area contributed by atoms with Crippen molar-refractivity contribution >= 4 is 11.0 Å². The minimum absolute atomic E-state index is 0.0867. The second kappa shape index (κ2) is 8.86. The standard InChI is InChI=1S/C25H25F2N3O/c1-17-7-9-18(10-8-17)13-20(16-31-2)30-24-6-4-3-5-23(24)29(25(30)28)15-19-11-12-21(26)22(27)14-19/h3-12,14,20,28H,13,15-16H2,1-2H3/t20-/m0/s1. The summed E-state index contributed by atoms with van der Waals surface area (Å²) in [5.74, 6) is -1.76. The number of nitrogens with zero attached hydrogens (tertiary/aromatic N) is 2. The van der Waals surface area contributed by atoms with Gasteiger partial charge in [0.05, 0.1) is 30.2 Å². The van der Waals surface area contributed by atoms with Crippen molar-refractivity contribution in [3.05, 3.63) is 101 Å². The molecule has 0 spiro atoms. The number of para-hydroxylation sites is 2. The lowest BCUT2D eigenvalue weighted by molar-refractivity contribution is 0.154. The number of ether oxygens (including phenoxy) is 1. The highest BCUT2D eigenvalue weighted by Crippen LogP contribution is 2.22. The van der Waals surface area contributed by atoms with Crippen LogP contribution < -0.4 is 5.62 Å². The lowest BCUT2D eigenvalue weighted by Gasteiger charge is -2.19. The van der Waals surface area contributed by atoms with Gasteiger partial charge in [0, 0.05) is 7.11 Å². The van der Waals surface area contributed by atoms with Crippen LogP contribution in [0.1, 0.15) is 22.7 Å². The molecule has 0 aliphatic carbocycles. The average molecular weight is 421 g/mol. The number of imidazole rings is 1. The van der Waals surface area contributed by atoms with E-state index in [4.69, 9.17) is 10.1 Å². The fraction of sp³-hybridized carbons (Fsp3) is 0.240. The highest BCUT2D eigenvalue weighted by Gasteiger charge is 2.20. The first-order chi connectivity index (χ1) is 15.0. The maximum absolute atomic E-state index is 13.7. The summed E-state index contributed by atoms with van der Waals surface area (Å²) >= 11 is 0. The molecule has 0 amide bonds. The summed E-state index contributed by atoms with van der Waals surface area (Å²) in [6, 6.07) is 19.9. The van der Waals surface area contributed by atoms with Crippen LogP contribution in [0, 0.1) is 24.0 Å². The maximum atomic E-state index is 13.7. The quantitative estimate of drug-likeness (QED) is 0.449. The third-order valence-electron chi connectivity index (χ3n) is 5.56. The normalized spacial score (nSPS) is 12.4. The molecule has 0 saturated heterocycles. The van der Waals surface area contributed by atoms with Gasteiger partial charge in [-0.25, -0.2) is 8.78 Å². The molecule has 0 aliphatic heterocycles. The molecular weight excluding hydrogens is 396 g/mol. The minimum Gasteiger partial charge on any atom is -0.383 e. The van der Waals surface area contributed by atoms with Crippen LogP contribution in [0.5, 0.6) is 0 Å². The highest BCUT2D eigenvalue weighted by atomic mass is 19.2. The maximum Gasteiger partial charge on any atom is 0.203 e. The van der Waals surface area contributed by atoms with E-state index in [1.807, 2.05) is 33.4 Å². The number of aryl methyl sites for hydroxylation is 1. The summed E-state index contributed by atoms with van der Waals surface area (Å²) in [7, 11) is 1.66. The zero-order valence-corrected chi connectivity index (χ0v) is 17.6. The van der Waals surface area contributed by atoms with E-state index >= 15 is 0 Å². The van der Waals surface area contributed by atoms with Gasteiger partial charge in [-0.1, -0.05) is 48.0 Å². The topological polar surface area (TPSA) is 42.9 Å². The molecule has 160 valence electrons. The van der Waals surface area contributed by atoms with Crippen LogP contribution in [0.4, 0.5) is 8.78 Å². The van der Waals surface area contributed by atoms with Gasteiger partial charge in [0.25, 0.3) is 0 Å². The zero-order valence-electron chi connectivity index (χ0n) is 17.6. The summed E-state index contributed by atoms with van der Waals surface area (Å²) in [4.78, 5) is 0. The van der Waals surface area contributed by atoms with Gasteiger partial charge in [-0.3, -0.25) is 5.41 Å². The molecule has 0 radical (unpaired) electrons. The molecule has 0 saturated carbocycles. The molecule has 4 nitrogen and oxygen atoms in total. The van der Waals surface area contributed by atoms with Crippen molar-refractivity contribution in [3.63, 3.8) is 0 Å². The number of hydrogen-bond donors (Lipinski definition) is 1. The van der Waals surface area contributed by atoms with Crippen molar-refractivity contribution in [3.8, 4) is 0 Å². The van der Waals surface area contributed by atoms with E-state index in [0.29, 0.717) is 24.2 Å². The van der Waals surface area contributed by atoms with Gasteiger partial charge in [0.15, 0.2) is 11.6 Å². The Balaban J connectivity index is 1.79. The number of nitrogens with one attached hydrogen (secondary N) is 1. The van der Waals surface area contributed by atoms with Crippen molar-refractivity contribution in [2.45, 2.75) is 25.9 Å². The fourth-order valence-corrected chi connectivity index (χ4v) is 4.02. The number of methoxy groups -OCH3 is 1. The molecule has 4 aromatic rings. The van der Waals surface area contributed by atoms with Crippen LogP contribution in [0.2, 0.25) is 0 Å². The minimum atomic E-state index is -0.884. The van der Waals surface area contributed by atoms with Gasteiger partial charge >= 0.3 is 0 Å². The predicted molar refractivity (Wildman–Crippen MR) is 117 cm³/mol. The van der Waals surface area contributed by atoms with Gasteiger partial charge in [0.2, 0.25) is 5.62 Å². The summed E-state index contributed by atoms with van der Waals surface area (Å²) in [5.41, 5.74) is 5.02. The van der Waals surface area contributed by atoms with Crippen molar-refractivity contribution in [1.82, 2.24) is 9.13 Å². The van der Waals surface area contributed by atoms with E-state index in [1.54, 1.807) is 13.2 Å². The SMILES string of the molecule is COC[C@H](Cc1ccc(C)cc1)n1c(=N)n(Cc2ccc(F)c(F)c2)c2ccccc21. The van der Waals surface area contributed by atoms with Crippen molar-refractivity contribution in [2.75, 3.05) is 13.7 Å². The van der Waals surface area contributed by atoms with Crippen LogP contribution in [-0.2, 0) is 17.7 Å². The number of hydrogen-bond acceptors (Lipinski definition) is 2. The summed E-state index contributed by atoms with van der Waals surface area (Å²) in [6.45, 7) is 2.77. The first kappa shape index (κ1) is 21.0. The zero-order chi connectivity index (χ0) is 22.0. The summed E-state index contributed by atoms with van der Waals surface area (Å²) in [5, 5.41) is 8.93. The van der Waals surface area contributed by atoms with Crippen molar-refractivity contribution in [2.24, 2.45) is 0 Å². The van der Waals surface area contributed by atoms with Crippen LogP contribution in [0.3, 0.4) is 0 Å². The number of halogens is 2. The average Bonchev–Trinajstić information content (AvgIpc) is 3.03. The van der Waals surface area contributed by atoms with E-state index in [1.165, 1.54) is 11.6 Å². The van der Waals surface area contributed by atoms with E-state index in [0.717, 1.165) is 22.7 Å². The second-order valence-electron chi connectivity index (χ2n) is 7.82. The van der Waals surface area contributed by atoms with Crippen LogP contribution in [0.15, 0.2) is 66.7 Å². The van der Waals surface area contributed by atoms with Crippen molar-refractivity contribution < 1.29 is 13.5 Å². The van der Waals surface area contributed by atoms with Gasteiger partial charge < -0.3 is 13.9 Å². The number of rotatable bonds is 7. The Kier molecular flexibility index (Phi) is 6.00. The molecule has 1 heterocycles. The summed E-state index contributed by atoms with van der Waals surface area (Å²) in [6.07, 6.45) is 0.712. The van der Waals surface area contributed by atoms with E-state index in [-0.39, 0.29) is 12.6 Å². The number of fused-ring (bicyclic) bond motifs is 1. The molecule has 0 aliphatic rings.